The highest BCUT2D eigenvalue weighted by molar-refractivity contribution is 5.81. The van der Waals surface area contributed by atoms with Crippen LogP contribution < -0.4 is 5.32 Å². The van der Waals surface area contributed by atoms with Gasteiger partial charge in [0.2, 0.25) is 0 Å². The lowest BCUT2D eigenvalue weighted by molar-refractivity contribution is 0.0529. The van der Waals surface area contributed by atoms with Crippen molar-refractivity contribution in [3.8, 4) is 0 Å². The van der Waals surface area contributed by atoms with E-state index in [0.29, 0.717) is 6.54 Å². The molecule has 1 heterocycles. The topological polar surface area (TPSA) is 51.2 Å². The number of nitrogens with one attached hydrogen (secondary N) is 1. The SMILES string of the molecule is Cc1ccc2cc(C=CCCNC(=O)OC(C)(C)C)ccc2n1. The molecule has 4 heteroatoms. The maximum Gasteiger partial charge on any atom is 0.407 e. The molecule has 1 amide bonds. The standard InChI is InChI=1S/C19H24N2O2/c1-14-8-10-16-13-15(9-11-17(16)21-14)7-5-6-12-20-18(22)23-19(2,3)4/h5,7-11,13H,6,12H2,1-4H3,(H,20,22). The van der Waals surface area contributed by atoms with Gasteiger partial charge < -0.3 is 10.1 Å². The minimum absolute atomic E-state index is 0.377. The van der Waals surface area contributed by atoms with E-state index in [1.165, 1.54) is 0 Å². The van der Waals surface area contributed by atoms with Crippen LogP contribution in [0, 0.1) is 6.92 Å². The molecule has 0 aliphatic carbocycles. The Morgan fingerprint density at radius 2 is 2.04 bits per heavy atom. The molecule has 0 fully saturated rings. The van der Waals surface area contributed by atoms with Crippen LogP contribution in [0.15, 0.2) is 36.4 Å². The first-order chi connectivity index (χ1) is 10.8. The molecule has 0 aliphatic heterocycles. The molecule has 0 aliphatic rings. The summed E-state index contributed by atoms with van der Waals surface area (Å²) in [6, 6.07) is 10.3. The van der Waals surface area contributed by atoms with Crippen LogP contribution in [-0.4, -0.2) is 23.2 Å². The van der Waals surface area contributed by atoms with Crippen LogP contribution in [-0.2, 0) is 4.74 Å². The number of benzene rings is 1. The molecule has 1 N–H and O–H groups in total. The Morgan fingerprint density at radius 1 is 1.26 bits per heavy atom. The molecule has 4 nitrogen and oxygen atoms in total. The van der Waals surface area contributed by atoms with Crippen LogP contribution in [0.1, 0.15) is 38.4 Å². The Bertz CT molecular complexity index is 715. The summed E-state index contributed by atoms with van der Waals surface area (Å²) in [6.07, 6.45) is 4.47. The van der Waals surface area contributed by atoms with Crippen LogP contribution in [0.5, 0.6) is 0 Å². The fraction of sp³-hybridized carbons (Fsp3) is 0.368. The summed E-state index contributed by atoms with van der Waals surface area (Å²) in [5.74, 6) is 0. The maximum absolute atomic E-state index is 11.5. The first-order valence-corrected chi connectivity index (χ1v) is 7.84. The monoisotopic (exact) mass is 312 g/mol. The van der Waals surface area contributed by atoms with Gasteiger partial charge in [0.1, 0.15) is 5.60 Å². The van der Waals surface area contributed by atoms with E-state index in [0.717, 1.165) is 28.6 Å². The number of hydrogen-bond acceptors (Lipinski definition) is 3. The van der Waals surface area contributed by atoms with Crippen molar-refractivity contribution in [1.82, 2.24) is 10.3 Å². The smallest absolute Gasteiger partial charge is 0.407 e. The molecule has 0 radical (unpaired) electrons. The van der Waals surface area contributed by atoms with E-state index in [1.807, 2.05) is 52.0 Å². The van der Waals surface area contributed by atoms with Crippen molar-refractivity contribution >= 4 is 23.1 Å². The Labute approximate surface area is 137 Å². The molecule has 0 spiro atoms. The highest BCUT2D eigenvalue weighted by atomic mass is 16.6. The molecule has 0 atom stereocenters. The van der Waals surface area contributed by atoms with Gasteiger partial charge in [0.05, 0.1) is 5.52 Å². The largest absolute Gasteiger partial charge is 0.444 e. The molecule has 1 aromatic carbocycles. The van der Waals surface area contributed by atoms with Gasteiger partial charge in [-0.15, -0.1) is 0 Å². The third-order valence-electron chi connectivity index (χ3n) is 3.14. The van der Waals surface area contributed by atoms with Gasteiger partial charge in [0, 0.05) is 17.6 Å². The Morgan fingerprint density at radius 3 is 2.78 bits per heavy atom. The maximum atomic E-state index is 11.5. The van der Waals surface area contributed by atoms with Crippen molar-refractivity contribution in [3.05, 3.63) is 47.7 Å². The normalized spacial score (nSPS) is 11.8. The van der Waals surface area contributed by atoms with Gasteiger partial charge in [0.25, 0.3) is 0 Å². The average molecular weight is 312 g/mol. The van der Waals surface area contributed by atoms with Gasteiger partial charge in [-0.05, 0) is 57.9 Å². The van der Waals surface area contributed by atoms with E-state index in [-0.39, 0.29) is 6.09 Å². The predicted molar refractivity (Wildman–Crippen MR) is 94.4 cm³/mol. The van der Waals surface area contributed by atoms with Gasteiger partial charge in [-0.3, -0.25) is 4.98 Å². The lowest BCUT2D eigenvalue weighted by Gasteiger charge is -2.19. The van der Waals surface area contributed by atoms with Crippen molar-refractivity contribution < 1.29 is 9.53 Å². The molecule has 2 rings (SSSR count). The number of carbonyl (C=O) groups is 1. The summed E-state index contributed by atoms with van der Waals surface area (Å²) in [6.45, 7) is 8.10. The molecule has 0 unspecified atom stereocenters. The van der Waals surface area contributed by atoms with Crippen molar-refractivity contribution in [2.45, 2.75) is 39.7 Å². The lowest BCUT2D eigenvalue weighted by Crippen LogP contribution is -2.32. The van der Waals surface area contributed by atoms with E-state index < -0.39 is 5.60 Å². The molecule has 23 heavy (non-hydrogen) atoms. The summed E-state index contributed by atoms with van der Waals surface area (Å²) in [7, 11) is 0. The Hall–Kier alpha value is -2.36. The van der Waals surface area contributed by atoms with Gasteiger partial charge in [0.15, 0.2) is 0 Å². The van der Waals surface area contributed by atoms with E-state index in [1.54, 1.807) is 0 Å². The lowest BCUT2D eigenvalue weighted by atomic mass is 10.1. The molecule has 0 bridgehead atoms. The first kappa shape index (κ1) is 17.0. The van der Waals surface area contributed by atoms with Gasteiger partial charge >= 0.3 is 6.09 Å². The number of aryl methyl sites for hydroxylation is 1. The number of fused-ring (bicyclic) bond motifs is 1. The first-order valence-electron chi connectivity index (χ1n) is 7.84. The zero-order chi connectivity index (χ0) is 16.9. The van der Waals surface area contributed by atoms with Crippen LogP contribution in [0.3, 0.4) is 0 Å². The minimum Gasteiger partial charge on any atom is -0.444 e. The number of aromatic nitrogens is 1. The third-order valence-corrected chi connectivity index (χ3v) is 3.14. The number of hydrogen-bond donors (Lipinski definition) is 1. The average Bonchev–Trinajstić information content (AvgIpc) is 2.45. The molecule has 122 valence electrons. The second-order valence-corrected chi connectivity index (χ2v) is 6.52. The van der Waals surface area contributed by atoms with E-state index in [2.05, 4.69) is 28.5 Å². The molecule has 1 aromatic heterocycles. The van der Waals surface area contributed by atoms with Crippen LogP contribution in [0.25, 0.3) is 17.0 Å². The Balaban J connectivity index is 1.84. The summed E-state index contributed by atoms with van der Waals surface area (Å²) in [4.78, 5) is 16.0. The third kappa shape index (κ3) is 5.74. The van der Waals surface area contributed by atoms with E-state index in [9.17, 15) is 4.79 Å². The van der Waals surface area contributed by atoms with Crippen molar-refractivity contribution in [1.29, 1.82) is 0 Å². The van der Waals surface area contributed by atoms with Crippen LogP contribution in [0.4, 0.5) is 4.79 Å². The highest BCUT2D eigenvalue weighted by Gasteiger charge is 2.15. The minimum atomic E-state index is -0.461. The van der Waals surface area contributed by atoms with Gasteiger partial charge in [-0.25, -0.2) is 4.79 Å². The molecule has 0 saturated carbocycles. The zero-order valence-electron chi connectivity index (χ0n) is 14.2. The highest BCUT2D eigenvalue weighted by Crippen LogP contribution is 2.15. The van der Waals surface area contributed by atoms with Crippen LogP contribution >= 0.6 is 0 Å². The summed E-state index contributed by atoms with van der Waals surface area (Å²) in [5.41, 5.74) is 2.69. The van der Waals surface area contributed by atoms with Crippen molar-refractivity contribution in [2.75, 3.05) is 6.54 Å². The Kier molecular flexibility index (Phi) is 5.37. The number of pyridine rings is 1. The number of carbonyl (C=O) groups excluding carboxylic acids is 1. The predicted octanol–water partition coefficient (Wildman–Crippen LogP) is 4.47. The van der Waals surface area contributed by atoms with Gasteiger partial charge in [-0.1, -0.05) is 24.3 Å². The number of ether oxygens (including phenoxy) is 1. The van der Waals surface area contributed by atoms with Crippen molar-refractivity contribution in [2.24, 2.45) is 0 Å². The number of alkyl carbamates (subject to hydrolysis) is 1. The summed E-state index contributed by atoms with van der Waals surface area (Å²) in [5, 5.41) is 3.87. The fourth-order valence-corrected chi connectivity index (χ4v) is 2.14. The number of amides is 1. The molecule has 0 saturated heterocycles. The second-order valence-electron chi connectivity index (χ2n) is 6.52. The quantitative estimate of drug-likeness (QED) is 0.847. The van der Waals surface area contributed by atoms with Crippen molar-refractivity contribution in [3.63, 3.8) is 0 Å². The number of nitrogens with zero attached hydrogens (tertiary/aromatic N) is 1. The molecular formula is C19H24N2O2. The van der Waals surface area contributed by atoms with Gasteiger partial charge in [-0.2, -0.15) is 0 Å². The van der Waals surface area contributed by atoms with Crippen LogP contribution in [0.2, 0.25) is 0 Å². The van der Waals surface area contributed by atoms with E-state index in [4.69, 9.17) is 4.74 Å². The molecular weight excluding hydrogens is 288 g/mol. The zero-order valence-corrected chi connectivity index (χ0v) is 14.2. The number of rotatable bonds is 4. The molecule has 2 aromatic rings. The second kappa shape index (κ2) is 7.27. The van der Waals surface area contributed by atoms with E-state index >= 15 is 0 Å². The summed E-state index contributed by atoms with van der Waals surface area (Å²) < 4.78 is 5.18. The summed E-state index contributed by atoms with van der Waals surface area (Å²) >= 11 is 0. The fourth-order valence-electron chi connectivity index (χ4n) is 2.14.